The van der Waals surface area contributed by atoms with E-state index in [1.165, 1.54) is 29.3 Å². The van der Waals surface area contributed by atoms with Gasteiger partial charge in [-0.05, 0) is 49.3 Å². The normalized spacial score (nSPS) is 30.1. The molecule has 1 fully saturated rings. The molecule has 2 rings (SSSR count). The molecule has 1 aromatic carbocycles. The molecule has 1 aliphatic carbocycles. The molecule has 0 amide bonds. The van der Waals surface area contributed by atoms with Crippen molar-refractivity contribution >= 4 is 15.9 Å². The Labute approximate surface area is 119 Å². The molecule has 3 atom stereocenters. The molecular weight excluding hydrogens is 286 g/mol. The third kappa shape index (κ3) is 3.36. The first-order valence-electron chi connectivity index (χ1n) is 7.09. The molecule has 0 bridgehead atoms. The molecule has 2 heteroatoms. The lowest BCUT2D eigenvalue weighted by atomic mass is 9.78. The lowest BCUT2D eigenvalue weighted by Crippen LogP contribution is -2.43. The van der Waals surface area contributed by atoms with Crippen LogP contribution in [0.15, 0.2) is 28.7 Å². The number of benzene rings is 1. The molecule has 1 aliphatic rings. The summed E-state index contributed by atoms with van der Waals surface area (Å²) in [5.41, 5.74) is 1.37. The largest absolute Gasteiger partial charge is 0.307 e. The van der Waals surface area contributed by atoms with Gasteiger partial charge in [-0.3, -0.25) is 0 Å². The van der Waals surface area contributed by atoms with Crippen LogP contribution in [0.2, 0.25) is 0 Å². The minimum Gasteiger partial charge on any atom is -0.307 e. The second kappa shape index (κ2) is 6.21. The van der Waals surface area contributed by atoms with Gasteiger partial charge in [-0.15, -0.1) is 0 Å². The predicted molar refractivity (Wildman–Crippen MR) is 81.7 cm³/mol. The van der Waals surface area contributed by atoms with Crippen LogP contribution in [0.1, 0.15) is 51.6 Å². The molecule has 100 valence electrons. The Morgan fingerprint density at radius 1 is 1.22 bits per heavy atom. The molecule has 0 aromatic heterocycles. The molecule has 0 spiro atoms. The predicted octanol–water partition coefficient (Wildman–Crippen LogP) is 4.92. The summed E-state index contributed by atoms with van der Waals surface area (Å²) < 4.78 is 1.17. The molecule has 2 unspecified atom stereocenters. The van der Waals surface area contributed by atoms with Gasteiger partial charge in [0.25, 0.3) is 0 Å². The van der Waals surface area contributed by atoms with Gasteiger partial charge in [0, 0.05) is 16.6 Å². The maximum atomic E-state index is 3.84. The maximum Gasteiger partial charge on any atom is 0.0294 e. The van der Waals surface area contributed by atoms with Crippen molar-refractivity contribution in [2.45, 2.75) is 52.1 Å². The molecule has 0 radical (unpaired) electrons. The SMILES string of the molecule is CC1CCCC(C)C1N[C@H](C)c1cccc(Br)c1. The van der Waals surface area contributed by atoms with Crippen LogP contribution in [0.25, 0.3) is 0 Å². The average Bonchev–Trinajstić information content (AvgIpc) is 2.34. The van der Waals surface area contributed by atoms with Crippen LogP contribution in [0.4, 0.5) is 0 Å². The van der Waals surface area contributed by atoms with Gasteiger partial charge >= 0.3 is 0 Å². The molecule has 1 N–H and O–H groups in total. The third-order valence-corrected chi connectivity index (χ3v) is 4.83. The third-order valence-electron chi connectivity index (χ3n) is 4.34. The van der Waals surface area contributed by atoms with Crippen molar-refractivity contribution < 1.29 is 0 Å². The van der Waals surface area contributed by atoms with E-state index in [1.54, 1.807) is 0 Å². The van der Waals surface area contributed by atoms with Crippen LogP contribution < -0.4 is 5.32 Å². The summed E-state index contributed by atoms with van der Waals surface area (Å²) in [5, 5.41) is 3.84. The minimum absolute atomic E-state index is 0.426. The van der Waals surface area contributed by atoms with Gasteiger partial charge < -0.3 is 5.32 Å². The number of hydrogen-bond donors (Lipinski definition) is 1. The van der Waals surface area contributed by atoms with Crippen LogP contribution in [-0.4, -0.2) is 6.04 Å². The van der Waals surface area contributed by atoms with E-state index < -0.39 is 0 Å². The van der Waals surface area contributed by atoms with Crippen molar-refractivity contribution in [3.63, 3.8) is 0 Å². The van der Waals surface area contributed by atoms with E-state index in [0.717, 1.165) is 11.8 Å². The Morgan fingerprint density at radius 2 is 1.89 bits per heavy atom. The Morgan fingerprint density at radius 3 is 2.50 bits per heavy atom. The summed E-state index contributed by atoms with van der Waals surface area (Å²) in [6.07, 6.45) is 4.13. The van der Waals surface area contributed by atoms with Crippen LogP contribution in [0.3, 0.4) is 0 Å². The van der Waals surface area contributed by atoms with Crippen LogP contribution in [-0.2, 0) is 0 Å². The number of hydrogen-bond acceptors (Lipinski definition) is 1. The monoisotopic (exact) mass is 309 g/mol. The fourth-order valence-electron chi connectivity index (χ4n) is 3.17. The topological polar surface area (TPSA) is 12.0 Å². The van der Waals surface area contributed by atoms with E-state index >= 15 is 0 Å². The van der Waals surface area contributed by atoms with Gasteiger partial charge in [0.2, 0.25) is 0 Å². The van der Waals surface area contributed by atoms with E-state index in [-0.39, 0.29) is 0 Å². The number of rotatable bonds is 3. The number of nitrogens with one attached hydrogen (secondary N) is 1. The second-order valence-corrected chi connectivity index (χ2v) is 6.77. The molecule has 18 heavy (non-hydrogen) atoms. The van der Waals surface area contributed by atoms with E-state index in [9.17, 15) is 0 Å². The maximum absolute atomic E-state index is 3.84. The standard InChI is InChI=1S/C16H24BrN/c1-11-6-4-7-12(2)16(11)18-13(3)14-8-5-9-15(17)10-14/h5,8-13,16,18H,4,6-7H2,1-3H3/t11?,12?,13-,16?/m1/s1. The Hall–Kier alpha value is -0.340. The highest BCUT2D eigenvalue weighted by Gasteiger charge is 2.28. The van der Waals surface area contributed by atoms with Gasteiger partial charge in [-0.1, -0.05) is 48.3 Å². The Kier molecular flexibility index (Phi) is 4.85. The zero-order valence-corrected chi connectivity index (χ0v) is 13.2. The van der Waals surface area contributed by atoms with Crippen molar-refractivity contribution in [1.82, 2.24) is 5.32 Å². The summed E-state index contributed by atoms with van der Waals surface area (Å²) in [7, 11) is 0. The molecule has 1 saturated carbocycles. The van der Waals surface area contributed by atoms with Crippen molar-refractivity contribution in [2.75, 3.05) is 0 Å². The van der Waals surface area contributed by atoms with Gasteiger partial charge in [0.15, 0.2) is 0 Å². The molecule has 1 aromatic rings. The van der Waals surface area contributed by atoms with Crippen LogP contribution in [0.5, 0.6) is 0 Å². The highest BCUT2D eigenvalue weighted by Crippen LogP contribution is 2.30. The fourth-order valence-corrected chi connectivity index (χ4v) is 3.59. The summed E-state index contributed by atoms with van der Waals surface area (Å²) in [5.74, 6) is 1.59. The van der Waals surface area contributed by atoms with E-state index in [0.29, 0.717) is 12.1 Å². The first kappa shape index (κ1) is 14.1. The summed E-state index contributed by atoms with van der Waals surface area (Å²) in [4.78, 5) is 0. The quantitative estimate of drug-likeness (QED) is 0.835. The van der Waals surface area contributed by atoms with Crippen LogP contribution >= 0.6 is 15.9 Å². The second-order valence-electron chi connectivity index (χ2n) is 5.85. The van der Waals surface area contributed by atoms with E-state index in [1.807, 2.05) is 0 Å². The summed E-state index contributed by atoms with van der Waals surface area (Å²) in [6, 6.07) is 9.72. The van der Waals surface area contributed by atoms with E-state index in [4.69, 9.17) is 0 Å². The molecule has 0 aliphatic heterocycles. The van der Waals surface area contributed by atoms with Crippen molar-refractivity contribution in [2.24, 2.45) is 11.8 Å². The highest BCUT2D eigenvalue weighted by atomic mass is 79.9. The molecule has 0 heterocycles. The molecule has 1 nitrogen and oxygen atoms in total. The summed E-state index contributed by atoms with van der Waals surface area (Å²) >= 11 is 3.55. The average molecular weight is 310 g/mol. The zero-order valence-electron chi connectivity index (χ0n) is 11.6. The van der Waals surface area contributed by atoms with Crippen molar-refractivity contribution in [1.29, 1.82) is 0 Å². The van der Waals surface area contributed by atoms with Crippen LogP contribution in [0, 0.1) is 11.8 Å². The van der Waals surface area contributed by atoms with Gasteiger partial charge in [-0.25, -0.2) is 0 Å². The first-order chi connectivity index (χ1) is 8.58. The molecule has 0 saturated heterocycles. The Balaban J connectivity index is 2.04. The minimum atomic E-state index is 0.426. The molecular formula is C16H24BrN. The Bertz CT molecular complexity index is 380. The lowest BCUT2D eigenvalue weighted by molar-refractivity contribution is 0.196. The van der Waals surface area contributed by atoms with Gasteiger partial charge in [0.1, 0.15) is 0 Å². The van der Waals surface area contributed by atoms with Gasteiger partial charge in [-0.2, -0.15) is 0 Å². The summed E-state index contributed by atoms with van der Waals surface area (Å²) in [6.45, 7) is 7.05. The van der Waals surface area contributed by atoms with Gasteiger partial charge in [0.05, 0.1) is 0 Å². The zero-order chi connectivity index (χ0) is 13.1. The van der Waals surface area contributed by atoms with Crippen molar-refractivity contribution in [3.8, 4) is 0 Å². The smallest absolute Gasteiger partial charge is 0.0294 e. The highest BCUT2D eigenvalue weighted by molar-refractivity contribution is 9.10. The number of halogens is 1. The lowest BCUT2D eigenvalue weighted by Gasteiger charge is -2.37. The fraction of sp³-hybridized carbons (Fsp3) is 0.625. The first-order valence-corrected chi connectivity index (χ1v) is 7.88. The van der Waals surface area contributed by atoms with Crippen molar-refractivity contribution in [3.05, 3.63) is 34.3 Å². The van der Waals surface area contributed by atoms with E-state index in [2.05, 4.69) is 66.3 Å².